The zero-order valence-corrected chi connectivity index (χ0v) is 63.7. The number of nitrogens with one attached hydrogen (secondary N) is 13. The normalized spacial score (nSPS) is 16.0. The van der Waals surface area contributed by atoms with Crippen molar-refractivity contribution in [2.45, 2.75) is 242 Å². The van der Waals surface area contributed by atoms with Crippen molar-refractivity contribution in [1.29, 1.82) is 0 Å². The van der Waals surface area contributed by atoms with E-state index in [0.717, 1.165) is 6.92 Å². The number of aliphatic imine (C=N–C) groups is 2. The quantitative estimate of drug-likeness (QED) is 0.0153. The van der Waals surface area contributed by atoms with Crippen LogP contribution in [0.2, 0.25) is 0 Å². The molecule has 0 aromatic carbocycles. The van der Waals surface area contributed by atoms with E-state index in [4.69, 9.17) is 51.6 Å². The Morgan fingerprint density at radius 2 is 0.836 bits per heavy atom. The van der Waals surface area contributed by atoms with Gasteiger partial charge in [-0.2, -0.15) is 0 Å². The van der Waals surface area contributed by atoms with Gasteiger partial charge in [0.2, 0.25) is 88.6 Å². The van der Waals surface area contributed by atoms with Crippen molar-refractivity contribution in [3.8, 4) is 0 Å². The molecule has 1 rings (SSSR count). The Bertz CT molecular complexity index is 3120. The number of nitrogens with two attached hydrogens (primary N) is 9. The second-order valence-electron chi connectivity index (χ2n) is 27.1. The van der Waals surface area contributed by atoms with Crippen LogP contribution in [0.15, 0.2) is 9.98 Å². The molecule has 1 fully saturated rings. The summed E-state index contributed by atoms with van der Waals surface area (Å²) in [6.07, 6.45) is 0.0592. The van der Waals surface area contributed by atoms with Crippen molar-refractivity contribution in [2.24, 2.45) is 67.5 Å². The highest BCUT2D eigenvalue weighted by molar-refractivity contribution is 6.00. The summed E-state index contributed by atoms with van der Waals surface area (Å²) in [5, 5.41) is 62.0. The summed E-state index contributed by atoms with van der Waals surface area (Å²) in [5.74, 6) is -15.5. The van der Waals surface area contributed by atoms with Gasteiger partial charge in [-0.3, -0.25) is 86.7 Å². The van der Waals surface area contributed by atoms with Crippen LogP contribution in [0.4, 0.5) is 0 Å². The molecule has 1 aliphatic rings. The first-order valence-corrected chi connectivity index (χ1v) is 36.8. The lowest BCUT2D eigenvalue weighted by molar-refractivity contribution is -0.142. The lowest BCUT2D eigenvalue weighted by atomic mass is 10.0. The molecule has 15 amide bonds. The van der Waals surface area contributed by atoms with Crippen LogP contribution in [-0.2, 0) is 76.7 Å². The molecule has 0 bridgehead atoms. The van der Waals surface area contributed by atoms with E-state index >= 15 is 0 Å². The van der Waals surface area contributed by atoms with Gasteiger partial charge in [0.15, 0.2) is 11.9 Å². The monoisotopic (exact) mass is 1570 g/mol. The number of hydrogen-bond donors (Lipinski definition) is 25. The van der Waals surface area contributed by atoms with E-state index in [0.29, 0.717) is 32.1 Å². The van der Waals surface area contributed by atoms with Crippen LogP contribution < -0.4 is 121 Å². The highest BCUT2D eigenvalue weighted by Gasteiger charge is 2.40. The summed E-state index contributed by atoms with van der Waals surface area (Å²) in [4.78, 5) is 224. The minimum atomic E-state index is -1.81. The number of carboxylic acids is 1. The lowest BCUT2D eigenvalue weighted by Crippen LogP contribution is -2.61. The van der Waals surface area contributed by atoms with Crippen LogP contribution >= 0.6 is 0 Å². The molecule has 14 atom stereocenters. The number of carbonyl (C=O) groups is 16. The molecule has 110 heavy (non-hydrogen) atoms. The first-order chi connectivity index (χ1) is 51.8. The number of aliphatic hydroxyl groups excluding tert-OH is 2. The predicted molar refractivity (Wildman–Crippen MR) is 400 cm³/mol. The molecule has 0 unspecified atom stereocenters. The molecule has 44 nitrogen and oxygen atoms in total. The van der Waals surface area contributed by atoms with Crippen molar-refractivity contribution in [3.63, 3.8) is 0 Å². The first kappa shape index (κ1) is 97.8. The number of carbonyl (C=O) groups excluding carboxylic acids is 15. The maximum Gasteiger partial charge on any atom is 0.325 e. The molecule has 0 radical (unpaired) electrons. The Hall–Kier alpha value is -10.2. The van der Waals surface area contributed by atoms with Gasteiger partial charge >= 0.3 is 5.97 Å². The number of primary amides is 1. The fraction of sp³-hybridized carbons (Fsp3) is 0.727. The highest BCUT2D eigenvalue weighted by Crippen LogP contribution is 2.20. The van der Waals surface area contributed by atoms with Gasteiger partial charge in [0.25, 0.3) is 0 Å². The van der Waals surface area contributed by atoms with Crippen molar-refractivity contribution < 1.29 is 92.0 Å². The molecular weight excluding hydrogens is 1450 g/mol. The van der Waals surface area contributed by atoms with E-state index in [1.54, 1.807) is 13.8 Å². The minimum Gasteiger partial charge on any atom is -0.480 e. The maximum absolute atomic E-state index is 14.4. The molecule has 1 aliphatic heterocycles. The molecule has 624 valence electrons. The van der Waals surface area contributed by atoms with Gasteiger partial charge in [0, 0.05) is 26.1 Å². The van der Waals surface area contributed by atoms with Crippen LogP contribution in [0.5, 0.6) is 0 Å². The number of rotatable bonds is 55. The number of aliphatic hydroxyl groups is 2. The summed E-state index contributed by atoms with van der Waals surface area (Å²) in [6, 6.07) is -18.1. The molecular formula is C66H121N25O19. The van der Waals surface area contributed by atoms with Crippen LogP contribution in [0.3, 0.4) is 0 Å². The van der Waals surface area contributed by atoms with Crippen molar-refractivity contribution in [3.05, 3.63) is 0 Å². The number of likely N-dealkylation sites (tertiary alicyclic amines) is 1. The molecule has 44 heteroatoms. The number of carboxylic acid groups (broad SMARTS) is 1. The fourth-order valence-corrected chi connectivity index (χ4v) is 10.9. The van der Waals surface area contributed by atoms with Crippen molar-refractivity contribution in [2.75, 3.05) is 59.0 Å². The standard InChI is InChI=1S/C66H121N25O19/c1-34(2)30-45(59(104)81-37(5)64(109)110)88-58(103)44(22-23-48(71)94)86-54(99)40(17-8-11-25-68)84-56(101)43(20-14-28-77-66(74)75)87-61(106)47-21-15-29-91(47)63(108)36(4)80-53(98)39(16-7-10-24-67)82-50(96)32-78-49(95)31-79-62(107)51(38(6)93)90-60(105)46(33-92)89-57(102)41(18-9-12-26-69)85-55(100)42(83-52(97)35(3)70)19-13-27-76-65(72)73/h34-47,51,92-93H,7-33,67-70H2,1-6H3,(H2,71,94)(H,78,95)(H,79,107)(H,80,98)(H,81,104)(H,82,96)(H,83,97)(H,84,101)(H,85,100)(H,86,99)(H,87,106)(H,88,103)(H,89,102)(H,90,105)(H,109,110)(H4,72,73,76)(H4,74,75,77)/t35-,36-,37-,38+,39-,40-,41-,42-,43-,44-,45-,46-,47-,51-/m0/s1. The van der Waals surface area contributed by atoms with Crippen LogP contribution in [-0.4, -0.2) is 270 Å². The zero-order valence-electron chi connectivity index (χ0n) is 63.7. The topological polar surface area (TPSA) is 752 Å². The zero-order chi connectivity index (χ0) is 83.3. The van der Waals surface area contributed by atoms with Gasteiger partial charge in [-0.05, 0) is 162 Å². The Morgan fingerprint density at radius 1 is 0.445 bits per heavy atom. The van der Waals surface area contributed by atoms with Gasteiger partial charge in [-0.25, -0.2) is 0 Å². The van der Waals surface area contributed by atoms with Gasteiger partial charge in [-0.15, -0.1) is 0 Å². The SMILES string of the molecule is CC(C)C[C@H](NC(=O)[C@H](CCC(N)=O)NC(=O)[C@H](CCCCN)NC(=O)[C@H](CCCN=C(N)N)NC(=O)[C@@H]1CCCN1C(=O)[C@H](C)NC(=O)[C@H](CCCCN)NC(=O)CNC(=O)CNC(=O)[C@@H](NC(=O)[C@H](CO)NC(=O)[C@H](CCCCN)NC(=O)[C@H](CCCN=C(N)N)NC(=O)[C@H](C)N)[C@@H](C)O)C(=O)N[C@@H](C)C(=O)O. The van der Waals surface area contributed by atoms with Crippen LogP contribution in [0.1, 0.15) is 157 Å². The number of aliphatic carboxylic acids is 1. The van der Waals surface area contributed by atoms with Gasteiger partial charge in [0.1, 0.15) is 72.5 Å². The second-order valence-corrected chi connectivity index (χ2v) is 27.1. The molecule has 0 saturated carbocycles. The van der Waals surface area contributed by atoms with Gasteiger partial charge in [-0.1, -0.05) is 13.8 Å². The third-order valence-corrected chi connectivity index (χ3v) is 17.0. The van der Waals surface area contributed by atoms with Crippen LogP contribution in [0.25, 0.3) is 0 Å². The summed E-state index contributed by atoms with van der Waals surface area (Å²) in [5.41, 5.74) is 50.1. The third-order valence-electron chi connectivity index (χ3n) is 17.0. The number of nitrogens with zero attached hydrogens (tertiary/aromatic N) is 3. The first-order valence-electron chi connectivity index (χ1n) is 36.8. The van der Waals surface area contributed by atoms with E-state index in [-0.39, 0.29) is 134 Å². The third kappa shape index (κ3) is 38.8. The summed E-state index contributed by atoms with van der Waals surface area (Å²) in [7, 11) is 0. The Kier molecular flexibility index (Phi) is 47.0. The lowest BCUT2D eigenvalue weighted by Gasteiger charge is -2.30. The van der Waals surface area contributed by atoms with Gasteiger partial charge < -0.3 is 141 Å². The largest absolute Gasteiger partial charge is 0.480 e. The van der Waals surface area contributed by atoms with Crippen molar-refractivity contribution >= 4 is 106 Å². The molecule has 1 saturated heterocycles. The fourth-order valence-electron chi connectivity index (χ4n) is 10.9. The van der Waals surface area contributed by atoms with E-state index < -0.39 is 205 Å². The van der Waals surface area contributed by atoms with Crippen molar-refractivity contribution in [1.82, 2.24) is 74.0 Å². The summed E-state index contributed by atoms with van der Waals surface area (Å²) < 4.78 is 0. The van der Waals surface area contributed by atoms with E-state index in [1.807, 2.05) is 0 Å². The smallest absolute Gasteiger partial charge is 0.325 e. The van der Waals surface area contributed by atoms with Gasteiger partial charge in [0.05, 0.1) is 31.8 Å². The van der Waals surface area contributed by atoms with E-state index in [9.17, 15) is 92.0 Å². The Balaban J connectivity index is 3.29. The number of guanidine groups is 2. The molecule has 0 aromatic rings. The maximum atomic E-state index is 14.4. The van der Waals surface area contributed by atoms with Crippen LogP contribution in [0, 0.1) is 5.92 Å². The Labute approximate surface area is 638 Å². The second kappa shape index (κ2) is 52.8. The number of unbranched alkanes of at least 4 members (excludes halogenated alkanes) is 3. The van der Waals surface area contributed by atoms with E-state index in [2.05, 4.69) is 79.1 Å². The molecule has 0 aromatic heterocycles. The molecule has 0 aliphatic carbocycles. The highest BCUT2D eigenvalue weighted by atomic mass is 16.4. The van der Waals surface area contributed by atoms with E-state index in [1.165, 1.54) is 25.7 Å². The summed E-state index contributed by atoms with van der Waals surface area (Å²) in [6.45, 7) is 6.55. The number of amides is 15. The number of hydrogen-bond acceptors (Lipinski definition) is 24. The molecule has 0 spiro atoms. The molecule has 1 heterocycles. The summed E-state index contributed by atoms with van der Waals surface area (Å²) >= 11 is 0. The average Bonchev–Trinajstić information content (AvgIpc) is 1.54. The molecule has 34 N–H and O–H groups in total. The average molecular weight is 1570 g/mol. The minimum absolute atomic E-state index is 0.00676. The predicted octanol–water partition coefficient (Wildman–Crippen LogP) is -10.8. The Morgan fingerprint density at radius 3 is 1.26 bits per heavy atom.